The molecule has 1 fully saturated rings. The second-order valence-corrected chi connectivity index (χ2v) is 5.19. The number of hydrazine groups is 1. The summed E-state index contributed by atoms with van der Waals surface area (Å²) in [4.78, 5) is 12.4. The van der Waals surface area contributed by atoms with Crippen molar-refractivity contribution >= 4 is 11.9 Å². The van der Waals surface area contributed by atoms with Crippen molar-refractivity contribution in [2.24, 2.45) is 5.84 Å². The summed E-state index contributed by atoms with van der Waals surface area (Å²) < 4.78 is 11.0. The molecule has 0 amide bonds. The molecule has 0 aromatic carbocycles. The van der Waals surface area contributed by atoms with Crippen molar-refractivity contribution in [1.82, 2.24) is 15.0 Å². The minimum Gasteiger partial charge on any atom is -0.467 e. The summed E-state index contributed by atoms with van der Waals surface area (Å²) in [6.45, 7) is 5.06. The van der Waals surface area contributed by atoms with E-state index in [1.807, 2.05) is 0 Å². The molecule has 0 aliphatic carbocycles. The smallest absolute Gasteiger partial charge is 0.322 e. The van der Waals surface area contributed by atoms with E-state index in [4.69, 9.17) is 15.3 Å². The van der Waals surface area contributed by atoms with Gasteiger partial charge in [-0.25, -0.2) is 5.84 Å². The number of hydrogen-bond acceptors (Lipinski definition) is 8. The van der Waals surface area contributed by atoms with Crippen LogP contribution in [0.5, 0.6) is 6.01 Å². The van der Waals surface area contributed by atoms with Gasteiger partial charge in [-0.3, -0.25) is 5.43 Å². The van der Waals surface area contributed by atoms with Gasteiger partial charge in [0, 0.05) is 12.6 Å². The number of hydrogen-bond donors (Lipinski definition) is 3. The fourth-order valence-electron chi connectivity index (χ4n) is 2.65. The lowest BCUT2D eigenvalue weighted by molar-refractivity contribution is -0.0865. The van der Waals surface area contributed by atoms with Gasteiger partial charge in [-0.15, -0.1) is 0 Å². The number of nitrogens with one attached hydrogen (secondary N) is 2. The highest BCUT2D eigenvalue weighted by molar-refractivity contribution is 5.35. The monoisotopic (exact) mass is 296 g/mol. The molecule has 1 aromatic rings. The Morgan fingerprint density at radius 1 is 1.29 bits per heavy atom. The largest absolute Gasteiger partial charge is 0.467 e. The van der Waals surface area contributed by atoms with Gasteiger partial charge in [0.1, 0.15) is 0 Å². The molecule has 1 aliphatic heterocycles. The molecule has 21 heavy (non-hydrogen) atoms. The number of nitrogens with two attached hydrogens (primary N) is 1. The Morgan fingerprint density at radius 3 is 2.62 bits per heavy atom. The van der Waals surface area contributed by atoms with Gasteiger partial charge in [-0.1, -0.05) is 13.8 Å². The molecule has 0 radical (unpaired) electrons. The van der Waals surface area contributed by atoms with E-state index in [-0.39, 0.29) is 23.6 Å². The van der Waals surface area contributed by atoms with Crippen molar-refractivity contribution in [3.63, 3.8) is 0 Å². The number of methoxy groups -OCH3 is 1. The fraction of sp³-hybridized carbons (Fsp3) is 0.769. The lowest BCUT2D eigenvalue weighted by Gasteiger charge is -2.40. The maximum absolute atomic E-state index is 5.97. The van der Waals surface area contributed by atoms with Gasteiger partial charge in [-0.05, 0) is 25.7 Å². The zero-order valence-electron chi connectivity index (χ0n) is 12.8. The summed E-state index contributed by atoms with van der Waals surface area (Å²) in [6.07, 6.45) is 3.84. The second kappa shape index (κ2) is 6.86. The van der Waals surface area contributed by atoms with Crippen LogP contribution in [0.3, 0.4) is 0 Å². The lowest BCUT2D eigenvalue weighted by atomic mass is 9.86. The highest BCUT2D eigenvalue weighted by atomic mass is 16.5. The Bertz CT molecular complexity index is 444. The van der Waals surface area contributed by atoms with Crippen LogP contribution in [0.25, 0.3) is 0 Å². The molecule has 8 nitrogen and oxygen atoms in total. The van der Waals surface area contributed by atoms with Gasteiger partial charge in [0.25, 0.3) is 0 Å². The molecule has 2 heterocycles. The highest BCUT2D eigenvalue weighted by Gasteiger charge is 2.34. The van der Waals surface area contributed by atoms with Gasteiger partial charge in [0.15, 0.2) is 0 Å². The van der Waals surface area contributed by atoms with Crippen LogP contribution in [0, 0.1) is 0 Å². The molecule has 1 atom stereocenters. The van der Waals surface area contributed by atoms with E-state index in [0.717, 1.165) is 32.3 Å². The van der Waals surface area contributed by atoms with Crippen LogP contribution in [-0.2, 0) is 4.74 Å². The summed E-state index contributed by atoms with van der Waals surface area (Å²) >= 11 is 0. The fourth-order valence-corrected chi connectivity index (χ4v) is 2.65. The Kier molecular flexibility index (Phi) is 5.13. The molecule has 0 bridgehead atoms. The van der Waals surface area contributed by atoms with Crippen LogP contribution in [0.15, 0.2) is 0 Å². The predicted molar refractivity (Wildman–Crippen MR) is 80.1 cm³/mol. The van der Waals surface area contributed by atoms with Crippen molar-refractivity contribution in [3.05, 3.63) is 0 Å². The average molecular weight is 296 g/mol. The van der Waals surface area contributed by atoms with E-state index in [1.165, 1.54) is 7.11 Å². The zero-order valence-corrected chi connectivity index (χ0v) is 12.8. The van der Waals surface area contributed by atoms with Gasteiger partial charge in [0.2, 0.25) is 11.9 Å². The normalized spacial score (nSPS) is 20.9. The number of anilines is 2. The average Bonchev–Trinajstić information content (AvgIpc) is 2.54. The van der Waals surface area contributed by atoms with Gasteiger partial charge >= 0.3 is 6.01 Å². The predicted octanol–water partition coefficient (Wildman–Crippen LogP) is 1.32. The minimum absolute atomic E-state index is 0.0536. The van der Waals surface area contributed by atoms with Crippen LogP contribution >= 0.6 is 0 Å². The molecule has 2 rings (SSSR count). The Morgan fingerprint density at radius 2 is 2.00 bits per heavy atom. The lowest BCUT2D eigenvalue weighted by Crippen LogP contribution is -2.43. The van der Waals surface area contributed by atoms with Crippen LogP contribution in [0.2, 0.25) is 0 Å². The summed E-state index contributed by atoms with van der Waals surface area (Å²) in [5.74, 6) is 6.09. The minimum atomic E-state index is -0.0536. The Hall–Kier alpha value is -1.67. The number of aromatic nitrogens is 3. The van der Waals surface area contributed by atoms with Crippen LogP contribution in [-0.4, -0.2) is 40.3 Å². The van der Waals surface area contributed by atoms with E-state index in [0.29, 0.717) is 5.95 Å². The molecular weight excluding hydrogens is 272 g/mol. The maximum Gasteiger partial charge on any atom is 0.322 e. The van der Waals surface area contributed by atoms with E-state index < -0.39 is 0 Å². The molecule has 1 aliphatic rings. The third-order valence-electron chi connectivity index (χ3n) is 4.04. The standard InChI is InChI=1S/C13H24N6O2/c1-4-13(5-2)8-9(6-7-21-13)15-10-16-11(19-14)18-12(17-10)20-3/h9H,4-8,14H2,1-3H3,(H2,15,16,17,18,19). The summed E-state index contributed by atoms with van der Waals surface area (Å²) in [7, 11) is 1.51. The van der Waals surface area contributed by atoms with Crippen molar-refractivity contribution in [1.29, 1.82) is 0 Å². The first-order chi connectivity index (χ1) is 10.1. The Balaban J connectivity index is 2.10. The van der Waals surface area contributed by atoms with Gasteiger partial charge in [0.05, 0.1) is 12.7 Å². The molecule has 8 heteroatoms. The quantitative estimate of drug-likeness (QED) is 0.533. The van der Waals surface area contributed by atoms with Gasteiger partial charge in [-0.2, -0.15) is 15.0 Å². The van der Waals surface area contributed by atoms with Crippen molar-refractivity contribution in [3.8, 4) is 6.01 Å². The van der Waals surface area contributed by atoms with Crippen molar-refractivity contribution < 1.29 is 9.47 Å². The van der Waals surface area contributed by atoms with E-state index in [2.05, 4.69) is 39.5 Å². The van der Waals surface area contributed by atoms with E-state index in [9.17, 15) is 0 Å². The Labute approximate surface area is 124 Å². The molecule has 0 spiro atoms. The van der Waals surface area contributed by atoms with Crippen LogP contribution < -0.4 is 21.3 Å². The van der Waals surface area contributed by atoms with Crippen LogP contribution in [0.1, 0.15) is 39.5 Å². The summed E-state index contributed by atoms with van der Waals surface area (Å²) in [5.41, 5.74) is 2.36. The maximum atomic E-state index is 5.97. The van der Waals surface area contributed by atoms with E-state index in [1.54, 1.807) is 0 Å². The van der Waals surface area contributed by atoms with Crippen LogP contribution in [0.4, 0.5) is 11.9 Å². The van der Waals surface area contributed by atoms with Crippen molar-refractivity contribution in [2.45, 2.75) is 51.2 Å². The molecule has 1 unspecified atom stereocenters. The third-order valence-corrected chi connectivity index (χ3v) is 4.04. The summed E-state index contributed by atoms with van der Waals surface area (Å²) in [6, 6.07) is 0.487. The number of nitrogens with zero attached hydrogens (tertiary/aromatic N) is 3. The first-order valence-electron chi connectivity index (χ1n) is 7.32. The molecule has 118 valence electrons. The van der Waals surface area contributed by atoms with Gasteiger partial charge < -0.3 is 14.8 Å². The molecule has 1 saturated heterocycles. The SMILES string of the molecule is CCC1(CC)CC(Nc2nc(NN)nc(OC)n2)CCO1. The summed E-state index contributed by atoms with van der Waals surface area (Å²) in [5, 5.41) is 3.34. The molecule has 1 aromatic heterocycles. The topological polar surface area (TPSA) is 107 Å². The number of rotatable bonds is 6. The van der Waals surface area contributed by atoms with E-state index >= 15 is 0 Å². The molecular formula is C13H24N6O2. The number of ether oxygens (including phenoxy) is 2. The first-order valence-corrected chi connectivity index (χ1v) is 7.32. The number of nitrogen functional groups attached to an aromatic ring is 1. The zero-order chi connectivity index (χ0) is 15.3. The highest BCUT2D eigenvalue weighted by Crippen LogP contribution is 2.32. The van der Waals surface area contributed by atoms with Crippen molar-refractivity contribution in [2.75, 3.05) is 24.5 Å². The third kappa shape index (κ3) is 3.70. The second-order valence-electron chi connectivity index (χ2n) is 5.19. The first kappa shape index (κ1) is 15.7. The molecule has 4 N–H and O–H groups in total. The molecule has 0 saturated carbocycles.